The Balaban J connectivity index is 1.82. The maximum Gasteiger partial charge on any atom is 0.267 e. The van der Waals surface area contributed by atoms with Crippen LogP contribution in [0.25, 0.3) is 10.9 Å². The zero-order valence-electron chi connectivity index (χ0n) is 19.7. The van der Waals surface area contributed by atoms with Gasteiger partial charge in [0.05, 0.1) is 28.0 Å². The predicted octanol–water partition coefficient (Wildman–Crippen LogP) is 5.08. The normalized spacial score (nSPS) is 18.9. The number of nitrogens with one attached hydrogen (secondary N) is 1. The fraction of sp³-hybridized carbons (Fsp3) is 0.417. The highest BCUT2D eigenvalue weighted by molar-refractivity contribution is 9.10. The Morgan fingerprint density at radius 1 is 1.26 bits per heavy atom. The molecule has 186 valence electrons. The van der Waals surface area contributed by atoms with Crippen LogP contribution in [-0.4, -0.2) is 38.4 Å². The molecule has 1 amide bonds. The van der Waals surface area contributed by atoms with Gasteiger partial charge in [0.25, 0.3) is 12.0 Å². The number of carbonyl (C=O) groups excluding carboxylic acids is 1. The maximum absolute atomic E-state index is 14.8. The number of fused-ring (bicyclic) bond motifs is 1. The molecule has 0 radical (unpaired) electrons. The lowest BCUT2D eigenvalue weighted by atomic mass is 10.0. The molecule has 0 bridgehead atoms. The fourth-order valence-electron chi connectivity index (χ4n) is 4.54. The average Bonchev–Trinajstić information content (AvgIpc) is 3.19. The number of hydrogen-bond acceptors (Lipinski definition) is 5. The largest absolute Gasteiger partial charge is 0.363 e. The minimum Gasteiger partial charge on any atom is -0.363 e. The van der Waals surface area contributed by atoms with Crippen LogP contribution >= 0.6 is 15.9 Å². The number of benzene rings is 1. The van der Waals surface area contributed by atoms with Crippen LogP contribution in [0, 0.1) is 12.7 Å². The second kappa shape index (κ2) is 9.25. The maximum atomic E-state index is 14.8. The molecule has 1 aromatic carbocycles. The van der Waals surface area contributed by atoms with Crippen molar-refractivity contribution >= 4 is 38.6 Å². The molecule has 7 nitrogen and oxygen atoms in total. The van der Waals surface area contributed by atoms with Gasteiger partial charge in [-0.3, -0.25) is 9.59 Å². The molecule has 4 rings (SSSR count). The van der Waals surface area contributed by atoms with Gasteiger partial charge in [0.2, 0.25) is 5.91 Å². The Hall–Kier alpha value is -2.95. The highest BCUT2D eigenvalue weighted by atomic mass is 79.9. The van der Waals surface area contributed by atoms with Crippen molar-refractivity contribution in [2.45, 2.75) is 52.1 Å². The number of pyridine rings is 1. The quantitative estimate of drug-likeness (QED) is 0.478. The molecule has 3 heterocycles. The molecule has 11 heteroatoms. The lowest BCUT2D eigenvalue weighted by Crippen LogP contribution is -2.42. The molecule has 0 saturated carbocycles. The summed E-state index contributed by atoms with van der Waals surface area (Å²) in [6, 6.07) is 3.18. The van der Waals surface area contributed by atoms with Gasteiger partial charge in [-0.2, -0.15) is 0 Å². The van der Waals surface area contributed by atoms with Crippen LogP contribution in [0.1, 0.15) is 56.6 Å². The molecule has 2 atom stereocenters. The van der Waals surface area contributed by atoms with Crippen molar-refractivity contribution in [3.05, 3.63) is 62.0 Å². The average molecular weight is 552 g/mol. The van der Waals surface area contributed by atoms with Crippen LogP contribution in [0.4, 0.5) is 19.0 Å². The van der Waals surface area contributed by atoms with E-state index in [1.54, 1.807) is 29.5 Å². The first-order valence-electron chi connectivity index (χ1n) is 11.1. The summed E-state index contributed by atoms with van der Waals surface area (Å²) in [6.45, 7) is 7.61. The van der Waals surface area contributed by atoms with Gasteiger partial charge in [-0.05, 0) is 43.1 Å². The summed E-state index contributed by atoms with van der Waals surface area (Å²) in [7, 11) is 0. The number of anilines is 1. The molecule has 0 spiro atoms. The van der Waals surface area contributed by atoms with Gasteiger partial charge in [0.1, 0.15) is 21.9 Å². The van der Waals surface area contributed by atoms with Crippen LogP contribution in [-0.2, 0) is 10.3 Å². The highest BCUT2D eigenvalue weighted by Gasteiger charge is 2.38. The van der Waals surface area contributed by atoms with E-state index < -0.39 is 29.4 Å². The zero-order valence-corrected chi connectivity index (χ0v) is 21.3. The molecule has 1 saturated heterocycles. The van der Waals surface area contributed by atoms with E-state index in [9.17, 15) is 22.8 Å². The number of nitrogens with zero attached hydrogens (tertiary/aromatic N) is 4. The van der Waals surface area contributed by atoms with E-state index in [0.29, 0.717) is 42.1 Å². The lowest BCUT2D eigenvalue weighted by Gasteiger charge is -2.28. The molecule has 3 aromatic rings. The van der Waals surface area contributed by atoms with Crippen molar-refractivity contribution < 1.29 is 18.0 Å². The van der Waals surface area contributed by atoms with Crippen molar-refractivity contribution in [3.63, 3.8) is 0 Å². The molecule has 1 unspecified atom stereocenters. The Morgan fingerprint density at radius 2 is 1.94 bits per heavy atom. The summed E-state index contributed by atoms with van der Waals surface area (Å²) in [5.74, 6) is -0.328. The van der Waals surface area contributed by atoms with E-state index in [2.05, 4.69) is 31.2 Å². The number of hydrogen-bond donors (Lipinski definition) is 1. The third-order valence-electron chi connectivity index (χ3n) is 6.52. The van der Waals surface area contributed by atoms with Gasteiger partial charge in [-0.25, -0.2) is 23.1 Å². The minimum atomic E-state index is -2.93. The van der Waals surface area contributed by atoms with Crippen LogP contribution in [0.3, 0.4) is 0 Å². The SMILES string of the molecule is CC(=O)N1CCC(C)(n2cc3c(N[C@H](C)c4cccc(C(F)F)c4F)nc(C)nc3c(Br)c2=O)C1. The molecule has 1 N–H and O–H groups in total. The number of halogens is 4. The van der Waals surface area contributed by atoms with E-state index >= 15 is 0 Å². The molecule has 0 aliphatic carbocycles. The van der Waals surface area contributed by atoms with Crippen molar-refractivity contribution in [3.8, 4) is 0 Å². The first kappa shape index (κ1) is 25.2. The summed E-state index contributed by atoms with van der Waals surface area (Å²) in [4.78, 5) is 35.7. The van der Waals surface area contributed by atoms with Crippen LogP contribution in [0.2, 0.25) is 0 Å². The van der Waals surface area contributed by atoms with Crippen LogP contribution < -0.4 is 10.9 Å². The van der Waals surface area contributed by atoms with E-state index in [4.69, 9.17) is 0 Å². The van der Waals surface area contributed by atoms with E-state index in [1.165, 1.54) is 19.1 Å². The van der Waals surface area contributed by atoms with Crippen molar-refractivity contribution in [1.29, 1.82) is 0 Å². The molecule has 1 aliphatic heterocycles. The Morgan fingerprint density at radius 3 is 2.57 bits per heavy atom. The van der Waals surface area contributed by atoms with Gasteiger partial charge >= 0.3 is 0 Å². The minimum absolute atomic E-state index is 0.0650. The molecule has 35 heavy (non-hydrogen) atoms. The first-order chi connectivity index (χ1) is 16.4. The number of likely N-dealkylation sites (tertiary alicyclic amines) is 1. The summed E-state index contributed by atoms with van der Waals surface area (Å²) in [6.07, 6.45) is -0.703. The predicted molar refractivity (Wildman–Crippen MR) is 130 cm³/mol. The second-order valence-electron chi connectivity index (χ2n) is 9.10. The number of aromatic nitrogens is 3. The van der Waals surface area contributed by atoms with E-state index in [0.717, 1.165) is 6.07 Å². The van der Waals surface area contributed by atoms with Gasteiger partial charge in [0.15, 0.2) is 0 Å². The fourth-order valence-corrected chi connectivity index (χ4v) is 5.03. The van der Waals surface area contributed by atoms with E-state index in [1.807, 2.05) is 6.92 Å². The molecular formula is C24H25BrF3N5O2. The smallest absolute Gasteiger partial charge is 0.267 e. The third-order valence-corrected chi connectivity index (χ3v) is 7.24. The van der Waals surface area contributed by atoms with E-state index in [-0.39, 0.29) is 21.5 Å². The standard InChI is InChI=1S/C24H25BrF3N5O2/c1-12(15-6-5-7-16(19(15)26)21(27)28)29-22-17-10-33(24(4)8-9-32(11-24)14(3)34)23(35)18(25)20(17)30-13(2)31-22/h5-7,10,12,21H,8-9,11H2,1-4H3,(H,29,30,31)/t12-,24?/m1/s1. The van der Waals surface area contributed by atoms with Gasteiger partial charge in [-0.15, -0.1) is 0 Å². The lowest BCUT2D eigenvalue weighted by molar-refractivity contribution is -0.128. The number of amides is 1. The Labute approximate surface area is 208 Å². The molecule has 1 aliphatic rings. The number of rotatable bonds is 5. The van der Waals surface area contributed by atoms with Crippen molar-refractivity contribution in [1.82, 2.24) is 19.4 Å². The molecule has 2 aromatic heterocycles. The van der Waals surface area contributed by atoms with Crippen molar-refractivity contribution in [2.75, 3.05) is 18.4 Å². The van der Waals surface area contributed by atoms with Gasteiger partial charge in [0, 0.05) is 31.8 Å². The first-order valence-corrected chi connectivity index (χ1v) is 11.9. The topological polar surface area (TPSA) is 80.1 Å². The third kappa shape index (κ3) is 4.53. The van der Waals surface area contributed by atoms with Crippen molar-refractivity contribution in [2.24, 2.45) is 0 Å². The number of aryl methyl sites for hydroxylation is 1. The van der Waals surface area contributed by atoms with Crippen LogP contribution in [0.15, 0.2) is 33.7 Å². The molecular weight excluding hydrogens is 527 g/mol. The number of alkyl halides is 2. The Kier molecular flexibility index (Phi) is 6.65. The summed E-state index contributed by atoms with van der Waals surface area (Å²) in [5.41, 5.74) is -1.16. The summed E-state index contributed by atoms with van der Waals surface area (Å²) >= 11 is 3.39. The summed E-state index contributed by atoms with van der Waals surface area (Å²) < 4.78 is 43.0. The van der Waals surface area contributed by atoms with Crippen LogP contribution in [0.5, 0.6) is 0 Å². The molecule has 1 fully saturated rings. The highest BCUT2D eigenvalue weighted by Crippen LogP contribution is 2.34. The van der Waals surface area contributed by atoms with Gasteiger partial charge < -0.3 is 14.8 Å². The number of carbonyl (C=O) groups is 1. The monoisotopic (exact) mass is 551 g/mol. The van der Waals surface area contributed by atoms with Gasteiger partial charge in [-0.1, -0.05) is 18.2 Å². The zero-order chi connectivity index (χ0) is 25.7. The summed E-state index contributed by atoms with van der Waals surface area (Å²) in [5, 5.41) is 3.62. The Bertz CT molecular complexity index is 1380. The second-order valence-corrected chi connectivity index (χ2v) is 9.90.